The van der Waals surface area contributed by atoms with Gasteiger partial charge in [-0.25, -0.2) is 8.42 Å². The highest BCUT2D eigenvalue weighted by Crippen LogP contribution is 2.32. The van der Waals surface area contributed by atoms with Gasteiger partial charge in [0.1, 0.15) is 9.84 Å². The number of sulfone groups is 1. The molecule has 0 spiro atoms. The summed E-state index contributed by atoms with van der Waals surface area (Å²) in [7, 11) is -3.16. The fourth-order valence-electron chi connectivity index (χ4n) is 2.89. The molecule has 3 rings (SSSR count). The third kappa shape index (κ3) is 3.61. The summed E-state index contributed by atoms with van der Waals surface area (Å²) in [4.78, 5) is 14.2. The molecule has 1 aromatic heterocycles. The van der Waals surface area contributed by atoms with E-state index in [1.807, 2.05) is 41.2 Å². The number of rotatable bonds is 4. The molecular weight excluding hydrogens is 314 g/mol. The van der Waals surface area contributed by atoms with Gasteiger partial charge in [-0.15, -0.1) is 0 Å². The van der Waals surface area contributed by atoms with Gasteiger partial charge in [-0.2, -0.15) is 5.10 Å². The zero-order chi connectivity index (χ0) is 16.4. The summed E-state index contributed by atoms with van der Waals surface area (Å²) < 4.78 is 24.5. The number of carbonyl (C=O) groups excluding carboxylic acids is 1. The van der Waals surface area contributed by atoms with Crippen molar-refractivity contribution in [2.45, 2.75) is 18.9 Å². The topological polar surface area (TPSA) is 72.3 Å². The van der Waals surface area contributed by atoms with E-state index >= 15 is 0 Å². The number of anilines is 1. The molecule has 0 saturated heterocycles. The quantitative estimate of drug-likeness (QED) is 0.849. The van der Waals surface area contributed by atoms with Crippen LogP contribution in [0.15, 0.2) is 42.7 Å². The minimum absolute atomic E-state index is 0.000997. The second-order valence-electron chi connectivity index (χ2n) is 5.86. The molecule has 1 unspecified atom stereocenters. The molecule has 7 heteroatoms. The number of para-hydroxylation sites is 1. The number of hydrogen-bond donors (Lipinski definition) is 0. The van der Waals surface area contributed by atoms with Crippen molar-refractivity contribution >= 4 is 21.4 Å². The maximum absolute atomic E-state index is 12.6. The zero-order valence-corrected chi connectivity index (χ0v) is 13.7. The SMILES string of the molecule is CS(=O)(=O)CCC(=O)N1CC(n2cccn2)Cc2ccccc21. The van der Waals surface area contributed by atoms with Crippen molar-refractivity contribution in [2.24, 2.45) is 0 Å². The summed E-state index contributed by atoms with van der Waals surface area (Å²) in [6, 6.07) is 9.67. The number of carbonyl (C=O) groups is 1. The van der Waals surface area contributed by atoms with Crippen molar-refractivity contribution in [2.75, 3.05) is 23.5 Å². The van der Waals surface area contributed by atoms with E-state index in [4.69, 9.17) is 0 Å². The standard InChI is InChI=1S/C16H19N3O3S/c1-23(21,22)10-7-16(20)18-12-14(19-9-4-8-17-19)11-13-5-2-3-6-15(13)18/h2-6,8-9,14H,7,10-12H2,1H3. The van der Waals surface area contributed by atoms with Crippen LogP contribution < -0.4 is 4.90 Å². The lowest BCUT2D eigenvalue weighted by Gasteiger charge is -2.34. The molecule has 122 valence electrons. The van der Waals surface area contributed by atoms with E-state index < -0.39 is 9.84 Å². The summed E-state index contributed by atoms with van der Waals surface area (Å²) in [6.45, 7) is 0.501. The molecule has 23 heavy (non-hydrogen) atoms. The first kappa shape index (κ1) is 15.7. The summed E-state index contributed by atoms with van der Waals surface area (Å²) >= 11 is 0. The van der Waals surface area contributed by atoms with Gasteiger partial charge in [0, 0.05) is 37.3 Å². The molecule has 2 aromatic rings. The average molecular weight is 333 g/mol. The highest BCUT2D eigenvalue weighted by atomic mass is 32.2. The number of nitrogens with zero attached hydrogens (tertiary/aromatic N) is 3. The Kier molecular flexibility index (Phi) is 4.21. The van der Waals surface area contributed by atoms with Gasteiger partial charge in [-0.1, -0.05) is 18.2 Å². The van der Waals surface area contributed by atoms with Crippen LogP contribution in [0.3, 0.4) is 0 Å². The van der Waals surface area contributed by atoms with Gasteiger partial charge in [0.15, 0.2) is 0 Å². The Morgan fingerprint density at radius 3 is 2.78 bits per heavy atom. The summed E-state index contributed by atoms with van der Waals surface area (Å²) in [5, 5.41) is 4.27. The Morgan fingerprint density at radius 2 is 2.09 bits per heavy atom. The maximum Gasteiger partial charge on any atom is 0.228 e. The van der Waals surface area contributed by atoms with Gasteiger partial charge < -0.3 is 4.90 Å². The number of benzene rings is 1. The highest BCUT2D eigenvalue weighted by Gasteiger charge is 2.29. The van der Waals surface area contributed by atoms with Gasteiger partial charge in [0.25, 0.3) is 0 Å². The lowest BCUT2D eigenvalue weighted by Crippen LogP contribution is -2.41. The van der Waals surface area contributed by atoms with Crippen molar-refractivity contribution in [1.82, 2.24) is 9.78 Å². The summed E-state index contributed by atoms with van der Waals surface area (Å²) in [5.74, 6) is -0.295. The Bertz CT molecular complexity index is 800. The van der Waals surface area contributed by atoms with Gasteiger partial charge in [-0.3, -0.25) is 9.48 Å². The number of hydrogen-bond acceptors (Lipinski definition) is 4. The van der Waals surface area contributed by atoms with E-state index in [1.165, 1.54) is 0 Å². The molecule has 0 radical (unpaired) electrons. The van der Waals surface area contributed by atoms with Crippen molar-refractivity contribution < 1.29 is 13.2 Å². The lowest BCUT2D eigenvalue weighted by atomic mass is 9.97. The molecule has 1 atom stereocenters. The minimum Gasteiger partial charge on any atom is -0.310 e. The van der Waals surface area contributed by atoms with Crippen LogP contribution in [0.4, 0.5) is 5.69 Å². The Labute approximate surface area is 135 Å². The molecule has 1 aliphatic rings. The molecule has 0 N–H and O–H groups in total. The largest absolute Gasteiger partial charge is 0.310 e. The van der Waals surface area contributed by atoms with Gasteiger partial charge in [0.2, 0.25) is 5.91 Å². The fourth-order valence-corrected chi connectivity index (χ4v) is 3.44. The maximum atomic E-state index is 12.6. The second-order valence-corrected chi connectivity index (χ2v) is 8.12. The Morgan fingerprint density at radius 1 is 1.30 bits per heavy atom. The number of fused-ring (bicyclic) bond motifs is 1. The van der Waals surface area contributed by atoms with Crippen molar-refractivity contribution in [3.63, 3.8) is 0 Å². The molecule has 1 aliphatic heterocycles. The molecule has 0 fully saturated rings. The van der Waals surface area contributed by atoms with Crippen LogP contribution in [0.5, 0.6) is 0 Å². The van der Waals surface area contributed by atoms with E-state index in [0.29, 0.717) is 6.54 Å². The smallest absolute Gasteiger partial charge is 0.228 e. The Balaban J connectivity index is 1.87. The monoisotopic (exact) mass is 333 g/mol. The van der Waals surface area contributed by atoms with Crippen LogP contribution in [0.25, 0.3) is 0 Å². The van der Waals surface area contributed by atoms with Crippen LogP contribution >= 0.6 is 0 Å². The lowest BCUT2D eigenvalue weighted by molar-refractivity contribution is -0.118. The Hall–Kier alpha value is -2.15. The predicted molar refractivity (Wildman–Crippen MR) is 88.1 cm³/mol. The van der Waals surface area contributed by atoms with Crippen LogP contribution in [0.2, 0.25) is 0 Å². The third-order valence-electron chi connectivity index (χ3n) is 4.02. The number of amides is 1. The number of aromatic nitrogens is 2. The molecule has 6 nitrogen and oxygen atoms in total. The zero-order valence-electron chi connectivity index (χ0n) is 12.9. The molecule has 1 amide bonds. The van der Waals surface area contributed by atoms with Crippen molar-refractivity contribution in [3.8, 4) is 0 Å². The van der Waals surface area contributed by atoms with Crippen LogP contribution in [-0.4, -0.2) is 42.7 Å². The molecule has 0 bridgehead atoms. The summed E-state index contributed by atoms with van der Waals surface area (Å²) in [6.07, 6.45) is 5.55. The summed E-state index contributed by atoms with van der Waals surface area (Å²) in [5.41, 5.74) is 1.95. The fraction of sp³-hybridized carbons (Fsp3) is 0.375. The van der Waals surface area contributed by atoms with E-state index in [9.17, 15) is 13.2 Å². The van der Waals surface area contributed by atoms with Crippen LogP contribution in [0, 0.1) is 0 Å². The van der Waals surface area contributed by atoms with E-state index in [1.54, 1.807) is 11.1 Å². The van der Waals surface area contributed by atoms with Crippen molar-refractivity contribution in [1.29, 1.82) is 0 Å². The molecular formula is C16H19N3O3S. The van der Waals surface area contributed by atoms with Gasteiger partial charge in [0.05, 0.1) is 11.8 Å². The molecule has 0 saturated carbocycles. The molecule has 2 heterocycles. The van der Waals surface area contributed by atoms with Gasteiger partial charge in [-0.05, 0) is 24.1 Å². The highest BCUT2D eigenvalue weighted by molar-refractivity contribution is 7.90. The van der Waals surface area contributed by atoms with Crippen LogP contribution in [-0.2, 0) is 21.1 Å². The first-order valence-corrected chi connectivity index (χ1v) is 9.55. The second kappa shape index (κ2) is 6.16. The van der Waals surface area contributed by atoms with E-state index in [-0.39, 0.29) is 24.1 Å². The average Bonchev–Trinajstić information content (AvgIpc) is 3.05. The first-order valence-electron chi connectivity index (χ1n) is 7.49. The van der Waals surface area contributed by atoms with Crippen molar-refractivity contribution in [3.05, 3.63) is 48.3 Å². The molecule has 1 aromatic carbocycles. The van der Waals surface area contributed by atoms with Gasteiger partial charge >= 0.3 is 0 Å². The van der Waals surface area contributed by atoms with E-state index in [2.05, 4.69) is 5.10 Å². The van der Waals surface area contributed by atoms with E-state index in [0.717, 1.165) is 23.9 Å². The van der Waals surface area contributed by atoms with Crippen LogP contribution in [0.1, 0.15) is 18.0 Å². The predicted octanol–water partition coefficient (Wildman–Crippen LogP) is 1.45. The normalized spacial score (nSPS) is 17.8. The molecule has 0 aliphatic carbocycles. The minimum atomic E-state index is -3.16. The third-order valence-corrected chi connectivity index (χ3v) is 4.96. The first-order chi connectivity index (χ1) is 10.9.